The van der Waals surface area contributed by atoms with Crippen molar-refractivity contribution < 1.29 is 14.2 Å². The van der Waals surface area contributed by atoms with Crippen molar-refractivity contribution in [3.05, 3.63) is 42.6 Å². The van der Waals surface area contributed by atoms with E-state index in [2.05, 4.69) is 10.3 Å². The maximum Gasteiger partial charge on any atom is 0.231 e. The minimum absolute atomic E-state index is 0.247. The summed E-state index contributed by atoms with van der Waals surface area (Å²) >= 11 is 0. The van der Waals surface area contributed by atoms with E-state index in [4.69, 9.17) is 19.9 Å². The Morgan fingerprint density at radius 2 is 2.00 bits per heavy atom. The highest BCUT2D eigenvalue weighted by Crippen LogP contribution is 2.35. The molecule has 2 heterocycles. The first kappa shape index (κ1) is 13.4. The number of rotatable bonds is 3. The molecule has 1 aliphatic heterocycles. The number of nitrogens with two attached hydrogens (primary N) is 1. The lowest BCUT2D eigenvalue weighted by Crippen LogP contribution is -1.98. The van der Waals surface area contributed by atoms with Crippen LogP contribution in [0, 0.1) is 0 Å². The second-order valence-corrected chi connectivity index (χ2v) is 5.04. The maximum atomic E-state index is 5.93. The Labute approximate surface area is 132 Å². The van der Waals surface area contributed by atoms with Gasteiger partial charge in [0.15, 0.2) is 11.5 Å². The molecule has 2 N–H and O–H groups in total. The van der Waals surface area contributed by atoms with Gasteiger partial charge in [-0.25, -0.2) is 4.68 Å². The first-order valence-electron chi connectivity index (χ1n) is 7.01. The van der Waals surface area contributed by atoms with Crippen molar-refractivity contribution in [1.29, 1.82) is 0 Å². The number of nitrogen functional groups attached to an aromatic ring is 1. The predicted molar refractivity (Wildman–Crippen MR) is 83.9 cm³/mol. The van der Waals surface area contributed by atoms with Crippen molar-refractivity contribution in [2.75, 3.05) is 19.6 Å². The minimum Gasteiger partial charge on any atom is -0.495 e. The van der Waals surface area contributed by atoms with Crippen LogP contribution in [0.2, 0.25) is 0 Å². The van der Waals surface area contributed by atoms with E-state index in [9.17, 15) is 0 Å². The number of hydrogen-bond acceptors (Lipinski definition) is 6. The van der Waals surface area contributed by atoms with Crippen LogP contribution in [0.1, 0.15) is 0 Å². The molecule has 0 bridgehead atoms. The normalized spacial score (nSPS) is 12.4. The van der Waals surface area contributed by atoms with Crippen LogP contribution >= 0.6 is 0 Å². The standard InChI is InChI=1S/C16H14N4O3/c1-21-14-5-3-11(7-12(14)17)20-8-13(18-19-20)10-2-4-15-16(6-10)23-9-22-15/h2-8H,9,17H2,1H3. The predicted octanol–water partition coefficient (Wildman–Crippen LogP) is 2.25. The molecule has 0 amide bonds. The third-order valence-electron chi connectivity index (χ3n) is 3.64. The van der Waals surface area contributed by atoms with Crippen molar-refractivity contribution >= 4 is 5.69 Å². The topological polar surface area (TPSA) is 84.4 Å². The van der Waals surface area contributed by atoms with Gasteiger partial charge in [-0.05, 0) is 36.4 Å². The zero-order valence-corrected chi connectivity index (χ0v) is 12.4. The summed E-state index contributed by atoms with van der Waals surface area (Å²) < 4.78 is 17.5. The first-order valence-corrected chi connectivity index (χ1v) is 7.01. The average molecular weight is 310 g/mol. The molecule has 23 heavy (non-hydrogen) atoms. The van der Waals surface area contributed by atoms with Crippen molar-refractivity contribution in [3.63, 3.8) is 0 Å². The van der Waals surface area contributed by atoms with Gasteiger partial charge in [0, 0.05) is 5.56 Å². The molecule has 0 aliphatic carbocycles. The Morgan fingerprint density at radius 1 is 1.13 bits per heavy atom. The fourth-order valence-electron chi connectivity index (χ4n) is 2.44. The summed E-state index contributed by atoms with van der Waals surface area (Å²) in [6.07, 6.45) is 1.83. The largest absolute Gasteiger partial charge is 0.495 e. The molecule has 0 spiro atoms. The van der Waals surface area contributed by atoms with Crippen molar-refractivity contribution in [2.24, 2.45) is 0 Å². The van der Waals surface area contributed by atoms with Crippen molar-refractivity contribution in [2.45, 2.75) is 0 Å². The lowest BCUT2D eigenvalue weighted by molar-refractivity contribution is 0.174. The number of aromatic nitrogens is 3. The minimum atomic E-state index is 0.247. The highest BCUT2D eigenvalue weighted by Gasteiger charge is 2.15. The molecule has 3 aromatic rings. The summed E-state index contributed by atoms with van der Waals surface area (Å²) in [5.41, 5.74) is 8.92. The van der Waals surface area contributed by atoms with Gasteiger partial charge in [-0.1, -0.05) is 5.21 Å². The quantitative estimate of drug-likeness (QED) is 0.747. The molecule has 0 unspecified atom stereocenters. The highest BCUT2D eigenvalue weighted by atomic mass is 16.7. The third-order valence-corrected chi connectivity index (χ3v) is 3.64. The molecule has 4 rings (SSSR count). The second-order valence-electron chi connectivity index (χ2n) is 5.04. The van der Waals surface area contributed by atoms with Gasteiger partial charge in [0.1, 0.15) is 11.4 Å². The molecule has 2 aromatic carbocycles. The molecule has 7 heteroatoms. The Morgan fingerprint density at radius 3 is 2.83 bits per heavy atom. The Kier molecular flexibility index (Phi) is 3.04. The summed E-state index contributed by atoms with van der Waals surface area (Å²) in [5.74, 6) is 2.08. The Bertz CT molecular complexity index is 876. The van der Waals surface area contributed by atoms with Crippen LogP contribution < -0.4 is 19.9 Å². The van der Waals surface area contributed by atoms with Crippen LogP contribution in [-0.4, -0.2) is 28.9 Å². The Hall–Kier alpha value is -3.22. The lowest BCUT2D eigenvalue weighted by Gasteiger charge is -2.06. The van der Waals surface area contributed by atoms with Gasteiger partial charge < -0.3 is 19.9 Å². The Balaban J connectivity index is 1.68. The summed E-state index contributed by atoms with van der Waals surface area (Å²) in [5, 5.41) is 8.36. The van der Waals surface area contributed by atoms with E-state index in [0.29, 0.717) is 17.2 Å². The van der Waals surface area contributed by atoms with E-state index >= 15 is 0 Å². The fraction of sp³-hybridized carbons (Fsp3) is 0.125. The molecule has 0 radical (unpaired) electrons. The number of nitrogens with zero attached hydrogens (tertiary/aromatic N) is 3. The summed E-state index contributed by atoms with van der Waals surface area (Å²) in [7, 11) is 1.58. The van der Waals surface area contributed by atoms with Crippen LogP contribution in [0.15, 0.2) is 42.6 Å². The van der Waals surface area contributed by atoms with Gasteiger partial charge in [0.25, 0.3) is 0 Å². The molecule has 0 saturated carbocycles. The lowest BCUT2D eigenvalue weighted by atomic mass is 10.1. The molecule has 1 aromatic heterocycles. The number of anilines is 1. The summed E-state index contributed by atoms with van der Waals surface area (Å²) in [4.78, 5) is 0. The van der Waals surface area contributed by atoms with Crippen LogP contribution in [-0.2, 0) is 0 Å². The molecular weight excluding hydrogens is 296 g/mol. The number of ether oxygens (including phenoxy) is 3. The van der Waals surface area contributed by atoms with Gasteiger partial charge in [0.2, 0.25) is 6.79 Å². The zero-order valence-electron chi connectivity index (χ0n) is 12.4. The second kappa shape index (κ2) is 5.20. The van der Waals surface area contributed by atoms with Crippen LogP contribution in [0.3, 0.4) is 0 Å². The van der Waals surface area contributed by atoms with E-state index in [1.54, 1.807) is 23.9 Å². The van der Waals surface area contributed by atoms with Crippen LogP contribution in [0.4, 0.5) is 5.69 Å². The zero-order chi connectivity index (χ0) is 15.8. The first-order chi connectivity index (χ1) is 11.2. The van der Waals surface area contributed by atoms with Crippen LogP contribution in [0.25, 0.3) is 16.9 Å². The highest BCUT2D eigenvalue weighted by molar-refractivity contribution is 5.64. The van der Waals surface area contributed by atoms with Gasteiger partial charge in [-0.3, -0.25) is 0 Å². The number of methoxy groups -OCH3 is 1. The van der Waals surface area contributed by atoms with E-state index in [1.165, 1.54) is 0 Å². The van der Waals surface area contributed by atoms with Crippen LogP contribution in [0.5, 0.6) is 17.2 Å². The smallest absolute Gasteiger partial charge is 0.231 e. The molecule has 0 fully saturated rings. The molecule has 116 valence electrons. The van der Waals surface area contributed by atoms with Crippen molar-refractivity contribution in [3.8, 4) is 34.2 Å². The third kappa shape index (κ3) is 2.32. The molecule has 7 nitrogen and oxygen atoms in total. The van der Waals surface area contributed by atoms with Gasteiger partial charge in [-0.2, -0.15) is 0 Å². The van der Waals surface area contributed by atoms with Gasteiger partial charge >= 0.3 is 0 Å². The van der Waals surface area contributed by atoms with E-state index < -0.39 is 0 Å². The van der Waals surface area contributed by atoms with E-state index in [1.807, 2.05) is 30.5 Å². The molecule has 0 saturated heterocycles. The maximum absolute atomic E-state index is 5.93. The summed E-state index contributed by atoms with van der Waals surface area (Å²) in [6, 6.07) is 11.1. The molecule has 1 aliphatic rings. The average Bonchev–Trinajstić information content (AvgIpc) is 3.23. The van der Waals surface area contributed by atoms with Crippen molar-refractivity contribution in [1.82, 2.24) is 15.0 Å². The molecule has 0 atom stereocenters. The van der Waals surface area contributed by atoms with E-state index in [-0.39, 0.29) is 6.79 Å². The van der Waals surface area contributed by atoms with Gasteiger partial charge in [-0.15, -0.1) is 5.10 Å². The monoisotopic (exact) mass is 310 g/mol. The van der Waals surface area contributed by atoms with Gasteiger partial charge in [0.05, 0.1) is 24.7 Å². The number of benzene rings is 2. The SMILES string of the molecule is COc1ccc(-n2cc(-c3ccc4c(c3)OCO4)nn2)cc1N. The number of fused-ring (bicyclic) bond motifs is 1. The molecular formula is C16H14N4O3. The number of hydrogen-bond donors (Lipinski definition) is 1. The summed E-state index contributed by atoms with van der Waals surface area (Å²) in [6.45, 7) is 0.247. The fourth-order valence-corrected chi connectivity index (χ4v) is 2.44. The van der Waals surface area contributed by atoms with E-state index in [0.717, 1.165) is 22.7 Å².